The van der Waals surface area contributed by atoms with Gasteiger partial charge in [0.1, 0.15) is 5.57 Å². The van der Waals surface area contributed by atoms with Crippen LogP contribution in [0.5, 0.6) is 11.5 Å². The lowest BCUT2D eigenvalue weighted by Crippen LogP contribution is -2.56. The zero-order valence-corrected chi connectivity index (χ0v) is 20.2. The van der Waals surface area contributed by atoms with Crippen LogP contribution in [0.25, 0.3) is 6.08 Å². The quantitative estimate of drug-likeness (QED) is 0.287. The molecule has 3 aromatic rings. The highest BCUT2D eigenvalue weighted by Crippen LogP contribution is 2.32. The van der Waals surface area contributed by atoms with Crippen molar-refractivity contribution in [2.24, 2.45) is 5.73 Å². The van der Waals surface area contributed by atoms with E-state index >= 15 is 0 Å². The van der Waals surface area contributed by atoms with Gasteiger partial charge in [-0.1, -0.05) is 42.5 Å². The number of hydrogen-bond acceptors (Lipinski definition) is 6. The summed E-state index contributed by atoms with van der Waals surface area (Å²) in [4.78, 5) is 41.0. The van der Waals surface area contributed by atoms with Crippen LogP contribution in [0.15, 0.2) is 84.4 Å². The molecule has 2 N–H and O–H groups in total. The van der Waals surface area contributed by atoms with E-state index in [1.165, 1.54) is 15.9 Å². The van der Waals surface area contributed by atoms with Gasteiger partial charge in [0.15, 0.2) is 23.2 Å². The zero-order valence-electron chi connectivity index (χ0n) is 19.4. The first-order valence-corrected chi connectivity index (χ1v) is 11.5. The fourth-order valence-corrected chi connectivity index (χ4v) is 4.03. The average molecular weight is 502 g/mol. The molecule has 1 aliphatic heterocycles. The number of carbonyl (C=O) groups is 3. The van der Waals surface area contributed by atoms with Crippen molar-refractivity contribution in [1.29, 1.82) is 0 Å². The molecule has 0 aliphatic carbocycles. The van der Waals surface area contributed by atoms with Crippen molar-refractivity contribution >= 4 is 52.5 Å². The van der Waals surface area contributed by atoms with Crippen molar-refractivity contribution in [3.05, 3.63) is 90.0 Å². The number of amides is 3. The van der Waals surface area contributed by atoms with Crippen LogP contribution >= 0.6 is 12.2 Å². The van der Waals surface area contributed by atoms with Crippen LogP contribution < -0.4 is 25.0 Å². The van der Waals surface area contributed by atoms with E-state index in [1.807, 2.05) is 12.1 Å². The summed E-state index contributed by atoms with van der Waals surface area (Å²) in [7, 11) is 0. The molecular weight excluding hydrogens is 478 g/mol. The number of carbonyl (C=O) groups excluding carboxylic acids is 3. The Hall–Kier alpha value is -4.50. The summed E-state index contributed by atoms with van der Waals surface area (Å²) < 4.78 is 11.0. The Labute approximate surface area is 213 Å². The molecule has 36 heavy (non-hydrogen) atoms. The monoisotopic (exact) mass is 501 g/mol. The molecule has 1 saturated heterocycles. The average Bonchev–Trinajstić information content (AvgIpc) is 2.87. The van der Waals surface area contributed by atoms with Crippen LogP contribution in [0.1, 0.15) is 12.5 Å². The van der Waals surface area contributed by atoms with E-state index in [4.69, 9.17) is 27.4 Å². The molecule has 3 amide bonds. The fraction of sp³-hybridized carbons (Fsp3) is 0.111. The van der Waals surface area contributed by atoms with Crippen molar-refractivity contribution in [2.45, 2.75) is 6.92 Å². The summed E-state index contributed by atoms with van der Waals surface area (Å²) in [5, 5.41) is 0.0600. The van der Waals surface area contributed by atoms with E-state index in [0.29, 0.717) is 35.0 Å². The van der Waals surface area contributed by atoms with Gasteiger partial charge in [-0.2, -0.15) is 0 Å². The molecule has 8 nitrogen and oxygen atoms in total. The number of nitrogens with zero attached hydrogens (tertiary/aromatic N) is 2. The van der Waals surface area contributed by atoms with Crippen molar-refractivity contribution in [2.75, 3.05) is 23.0 Å². The Bertz CT molecular complexity index is 1280. The van der Waals surface area contributed by atoms with E-state index in [-0.39, 0.29) is 17.3 Å². The topological polar surface area (TPSA) is 102 Å². The van der Waals surface area contributed by atoms with Crippen molar-refractivity contribution in [1.82, 2.24) is 0 Å². The van der Waals surface area contributed by atoms with Crippen LogP contribution in [-0.2, 0) is 14.4 Å². The van der Waals surface area contributed by atoms with E-state index in [1.54, 1.807) is 73.7 Å². The fourth-order valence-electron chi connectivity index (χ4n) is 3.66. The number of rotatable bonds is 8. The molecule has 4 rings (SSSR count). The van der Waals surface area contributed by atoms with Gasteiger partial charge in [-0.3, -0.25) is 24.2 Å². The third-order valence-electron chi connectivity index (χ3n) is 5.23. The highest BCUT2D eigenvalue weighted by Gasteiger charge is 2.41. The third-order valence-corrected chi connectivity index (χ3v) is 5.59. The van der Waals surface area contributed by atoms with Gasteiger partial charge in [-0.15, -0.1) is 0 Å². The van der Waals surface area contributed by atoms with Crippen molar-refractivity contribution in [3.63, 3.8) is 0 Å². The SMILES string of the molecule is CCOc1cc(C=C2C(=O)N(c3ccccc3)C(=S)N(c3ccccc3)C2=O)ccc1OCC(N)=O. The van der Waals surface area contributed by atoms with Crippen LogP contribution in [0.2, 0.25) is 0 Å². The lowest BCUT2D eigenvalue weighted by Gasteiger charge is -2.36. The second-order valence-corrected chi connectivity index (χ2v) is 8.05. The Balaban J connectivity index is 1.79. The molecule has 9 heteroatoms. The molecule has 0 atom stereocenters. The highest BCUT2D eigenvalue weighted by atomic mass is 32.1. The van der Waals surface area contributed by atoms with Gasteiger partial charge in [0.2, 0.25) is 0 Å². The minimum atomic E-state index is -0.625. The van der Waals surface area contributed by atoms with Gasteiger partial charge in [-0.25, -0.2) is 0 Å². The number of hydrogen-bond donors (Lipinski definition) is 1. The molecule has 3 aromatic carbocycles. The molecule has 182 valence electrons. The maximum absolute atomic E-state index is 13.6. The third kappa shape index (κ3) is 5.11. The lowest BCUT2D eigenvalue weighted by atomic mass is 10.0. The van der Waals surface area contributed by atoms with E-state index in [0.717, 1.165) is 0 Å². The molecule has 0 bridgehead atoms. The predicted molar refractivity (Wildman–Crippen MR) is 141 cm³/mol. The molecule has 1 aliphatic rings. The van der Waals surface area contributed by atoms with Crippen molar-refractivity contribution < 1.29 is 23.9 Å². The number of primary amides is 1. The minimum Gasteiger partial charge on any atom is -0.490 e. The summed E-state index contributed by atoms with van der Waals surface area (Å²) in [5.74, 6) is -1.05. The Morgan fingerprint density at radius 3 is 1.92 bits per heavy atom. The molecule has 0 unspecified atom stereocenters. The first-order chi connectivity index (χ1) is 17.4. The molecule has 0 saturated carbocycles. The van der Waals surface area contributed by atoms with Gasteiger partial charge in [-0.05, 0) is 67.2 Å². The molecule has 0 aromatic heterocycles. The van der Waals surface area contributed by atoms with Crippen LogP contribution in [0.3, 0.4) is 0 Å². The number of benzene rings is 3. The summed E-state index contributed by atoms with van der Waals surface area (Å²) in [5.41, 5.74) is 6.69. The Kier molecular flexibility index (Phi) is 7.41. The summed E-state index contributed by atoms with van der Waals surface area (Å²) in [6.45, 7) is 1.82. The van der Waals surface area contributed by atoms with Gasteiger partial charge in [0.05, 0.1) is 18.0 Å². The normalized spacial score (nSPS) is 13.6. The van der Waals surface area contributed by atoms with E-state index < -0.39 is 17.7 Å². The molecule has 0 spiro atoms. The number of para-hydroxylation sites is 2. The summed E-state index contributed by atoms with van der Waals surface area (Å²) >= 11 is 5.62. The van der Waals surface area contributed by atoms with Gasteiger partial charge in [0.25, 0.3) is 17.7 Å². The second-order valence-electron chi connectivity index (χ2n) is 7.69. The maximum atomic E-state index is 13.6. The van der Waals surface area contributed by atoms with Gasteiger partial charge >= 0.3 is 0 Å². The first-order valence-electron chi connectivity index (χ1n) is 11.1. The minimum absolute atomic E-state index is 0.0600. The largest absolute Gasteiger partial charge is 0.490 e. The van der Waals surface area contributed by atoms with Crippen LogP contribution in [0, 0.1) is 0 Å². The van der Waals surface area contributed by atoms with Gasteiger partial charge < -0.3 is 15.2 Å². The number of ether oxygens (including phenoxy) is 2. The number of nitrogens with two attached hydrogens (primary N) is 1. The number of thiocarbonyl (C=S) groups is 1. The van der Waals surface area contributed by atoms with E-state index in [9.17, 15) is 14.4 Å². The van der Waals surface area contributed by atoms with Crippen LogP contribution in [-0.4, -0.2) is 36.0 Å². The summed E-state index contributed by atoms with van der Waals surface area (Å²) in [6, 6.07) is 22.7. The smallest absolute Gasteiger partial charge is 0.270 e. The highest BCUT2D eigenvalue weighted by molar-refractivity contribution is 7.81. The molecule has 1 heterocycles. The lowest BCUT2D eigenvalue weighted by molar-refractivity contribution is -0.121. The predicted octanol–water partition coefficient (Wildman–Crippen LogP) is 3.70. The molecule has 0 radical (unpaired) electrons. The standard InChI is InChI=1S/C27H23N3O5S/c1-2-34-23-16-18(13-14-22(23)35-17-24(28)31)15-21-25(32)29(19-9-5-3-6-10-19)27(36)30(26(21)33)20-11-7-4-8-12-20/h3-16H,2,17H2,1H3,(H2,28,31). The molecule has 1 fully saturated rings. The maximum Gasteiger partial charge on any atom is 0.270 e. The summed E-state index contributed by atoms with van der Waals surface area (Å²) in [6.07, 6.45) is 1.48. The Morgan fingerprint density at radius 1 is 0.861 bits per heavy atom. The van der Waals surface area contributed by atoms with E-state index in [2.05, 4.69) is 0 Å². The molecular formula is C27H23N3O5S. The second kappa shape index (κ2) is 10.8. The number of anilines is 2. The first kappa shape index (κ1) is 24.6. The van der Waals surface area contributed by atoms with Gasteiger partial charge in [0, 0.05) is 0 Å². The van der Waals surface area contributed by atoms with Crippen LogP contribution in [0.4, 0.5) is 11.4 Å². The Morgan fingerprint density at radius 2 is 1.42 bits per heavy atom. The zero-order chi connectivity index (χ0) is 25.7. The van der Waals surface area contributed by atoms with Crippen molar-refractivity contribution in [3.8, 4) is 11.5 Å².